The number of rotatable bonds is 3. The maximum absolute atomic E-state index is 11.5. The Kier molecular flexibility index (Phi) is 4.42. The molecule has 0 heterocycles. The van der Waals surface area contributed by atoms with Crippen LogP contribution in [0.5, 0.6) is 0 Å². The van der Waals surface area contributed by atoms with Crippen LogP contribution in [0.25, 0.3) is 0 Å². The SMILES string of the molecule is CS(=O)(=O)c1cccc(C(O)C2=CCCCCC2)c1. The van der Waals surface area contributed by atoms with E-state index in [4.69, 9.17) is 0 Å². The molecule has 0 saturated carbocycles. The van der Waals surface area contributed by atoms with Gasteiger partial charge >= 0.3 is 0 Å². The normalized spacial score (nSPS) is 18.5. The summed E-state index contributed by atoms with van der Waals surface area (Å²) in [4.78, 5) is 0.262. The first kappa shape index (κ1) is 14.3. The minimum atomic E-state index is -3.23. The standard InChI is InChI=1S/C15H20O3S/c1-19(17,18)14-10-6-9-13(11-14)15(16)12-7-4-2-3-5-8-12/h6-7,9-11,15-16H,2-5,8H2,1H3. The van der Waals surface area contributed by atoms with Crippen molar-refractivity contribution < 1.29 is 13.5 Å². The Morgan fingerprint density at radius 2 is 2.00 bits per heavy atom. The van der Waals surface area contributed by atoms with E-state index in [-0.39, 0.29) is 4.90 Å². The van der Waals surface area contributed by atoms with E-state index in [9.17, 15) is 13.5 Å². The predicted octanol–water partition coefficient (Wildman–Crippen LogP) is 3.01. The molecule has 0 amide bonds. The summed E-state index contributed by atoms with van der Waals surface area (Å²) in [6.07, 6.45) is 7.95. The van der Waals surface area contributed by atoms with Gasteiger partial charge in [-0.15, -0.1) is 0 Å². The van der Waals surface area contributed by atoms with E-state index in [1.165, 1.54) is 19.1 Å². The van der Waals surface area contributed by atoms with E-state index < -0.39 is 15.9 Å². The molecule has 4 heteroatoms. The Morgan fingerprint density at radius 3 is 2.74 bits per heavy atom. The Balaban J connectivity index is 2.28. The van der Waals surface area contributed by atoms with Gasteiger partial charge in [0.2, 0.25) is 0 Å². The van der Waals surface area contributed by atoms with E-state index in [0.29, 0.717) is 5.56 Å². The molecule has 0 spiro atoms. The van der Waals surface area contributed by atoms with E-state index in [2.05, 4.69) is 6.08 Å². The van der Waals surface area contributed by atoms with E-state index in [1.54, 1.807) is 24.3 Å². The van der Waals surface area contributed by atoms with Crippen LogP contribution in [-0.4, -0.2) is 19.8 Å². The van der Waals surface area contributed by atoms with Crippen molar-refractivity contribution in [1.29, 1.82) is 0 Å². The molecule has 1 aromatic rings. The van der Waals surface area contributed by atoms with Crippen LogP contribution < -0.4 is 0 Å². The van der Waals surface area contributed by atoms with Gasteiger partial charge in [0.15, 0.2) is 9.84 Å². The second kappa shape index (κ2) is 5.88. The van der Waals surface area contributed by atoms with Crippen molar-refractivity contribution in [2.45, 2.75) is 43.1 Å². The monoisotopic (exact) mass is 280 g/mol. The summed E-state index contributed by atoms with van der Waals surface area (Å²) in [7, 11) is -3.23. The summed E-state index contributed by atoms with van der Waals surface area (Å²) < 4.78 is 23.1. The average molecular weight is 280 g/mol. The number of benzene rings is 1. The van der Waals surface area contributed by atoms with Crippen LogP contribution in [-0.2, 0) is 9.84 Å². The zero-order valence-electron chi connectivity index (χ0n) is 11.2. The lowest BCUT2D eigenvalue weighted by Gasteiger charge is -2.15. The van der Waals surface area contributed by atoms with E-state index >= 15 is 0 Å². The van der Waals surface area contributed by atoms with Crippen LogP contribution in [0.1, 0.15) is 43.8 Å². The molecule has 0 saturated heterocycles. The number of aliphatic hydroxyl groups excluding tert-OH is 1. The summed E-state index contributed by atoms with van der Waals surface area (Å²) in [6.45, 7) is 0. The second-order valence-electron chi connectivity index (χ2n) is 5.13. The van der Waals surface area contributed by atoms with Crippen molar-refractivity contribution in [2.24, 2.45) is 0 Å². The second-order valence-corrected chi connectivity index (χ2v) is 7.14. The molecule has 0 aromatic heterocycles. The molecular formula is C15H20O3S. The van der Waals surface area contributed by atoms with Gasteiger partial charge in [-0.3, -0.25) is 0 Å². The van der Waals surface area contributed by atoms with Crippen LogP contribution in [0, 0.1) is 0 Å². The molecule has 1 aromatic carbocycles. The summed E-state index contributed by atoms with van der Waals surface area (Å²) in [6, 6.07) is 6.61. The topological polar surface area (TPSA) is 54.4 Å². The maximum Gasteiger partial charge on any atom is 0.175 e. The smallest absolute Gasteiger partial charge is 0.175 e. The largest absolute Gasteiger partial charge is 0.384 e. The van der Waals surface area contributed by atoms with Crippen LogP contribution in [0.3, 0.4) is 0 Å². The lowest BCUT2D eigenvalue weighted by atomic mass is 9.98. The van der Waals surface area contributed by atoms with Crippen molar-refractivity contribution in [2.75, 3.05) is 6.26 Å². The Hall–Kier alpha value is -1.13. The molecule has 0 aliphatic heterocycles. The molecule has 0 bridgehead atoms. The molecule has 1 N–H and O–H groups in total. The maximum atomic E-state index is 11.5. The number of hydrogen-bond donors (Lipinski definition) is 1. The zero-order chi connectivity index (χ0) is 13.9. The molecule has 0 fully saturated rings. The summed E-state index contributed by atoms with van der Waals surface area (Å²) in [5, 5.41) is 10.4. The lowest BCUT2D eigenvalue weighted by molar-refractivity contribution is 0.210. The van der Waals surface area contributed by atoms with Crippen molar-refractivity contribution in [3.8, 4) is 0 Å². The van der Waals surface area contributed by atoms with E-state index in [1.807, 2.05) is 0 Å². The third-order valence-corrected chi connectivity index (χ3v) is 4.64. The van der Waals surface area contributed by atoms with Gasteiger partial charge in [-0.25, -0.2) is 8.42 Å². The molecule has 19 heavy (non-hydrogen) atoms. The lowest BCUT2D eigenvalue weighted by Crippen LogP contribution is -2.04. The highest BCUT2D eigenvalue weighted by Crippen LogP contribution is 2.30. The first-order chi connectivity index (χ1) is 8.98. The number of allylic oxidation sites excluding steroid dienone is 1. The third-order valence-electron chi connectivity index (χ3n) is 3.53. The van der Waals surface area contributed by atoms with Crippen molar-refractivity contribution in [3.63, 3.8) is 0 Å². The van der Waals surface area contributed by atoms with Gasteiger partial charge in [0.05, 0.1) is 4.90 Å². The van der Waals surface area contributed by atoms with Crippen LogP contribution >= 0.6 is 0 Å². The Labute approximate surface area is 114 Å². The highest BCUT2D eigenvalue weighted by Gasteiger charge is 2.16. The molecule has 1 unspecified atom stereocenters. The molecule has 1 aliphatic rings. The fraction of sp³-hybridized carbons (Fsp3) is 0.467. The van der Waals surface area contributed by atoms with Gasteiger partial charge in [0.1, 0.15) is 6.10 Å². The first-order valence-electron chi connectivity index (χ1n) is 6.65. The number of aliphatic hydroxyl groups is 1. The third kappa shape index (κ3) is 3.67. The Morgan fingerprint density at radius 1 is 1.21 bits per heavy atom. The van der Waals surface area contributed by atoms with E-state index in [0.717, 1.165) is 24.8 Å². The molecule has 2 rings (SSSR count). The summed E-state index contributed by atoms with van der Waals surface area (Å²) >= 11 is 0. The first-order valence-corrected chi connectivity index (χ1v) is 8.54. The van der Waals surface area contributed by atoms with Gasteiger partial charge in [-0.1, -0.05) is 24.6 Å². The van der Waals surface area contributed by atoms with Gasteiger partial charge in [0.25, 0.3) is 0 Å². The minimum absolute atomic E-state index is 0.262. The summed E-state index contributed by atoms with van der Waals surface area (Å²) in [5.74, 6) is 0. The van der Waals surface area contributed by atoms with Gasteiger partial charge in [-0.2, -0.15) is 0 Å². The number of hydrogen-bond acceptors (Lipinski definition) is 3. The minimum Gasteiger partial charge on any atom is -0.384 e. The van der Waals surface area contributed by atoms with Gasteiger partial charge < -0.3 is 5.11 Å². The van der Waals surface area contributed by atoms with Crippen molar-refractivity contribution >= 4 is 9.84 Å². The fourth-order valence-electron chi connectivity index (χ4n) is 2.42. The predicted molar refractivity (Wildman–Crippen MR) is 75.7 cm³/mol. The molecular weight excluding hydrogens is 260 g/mol. The highest BCUT2D eigenvalue weighted by atomic mass is 32.2. The quantitative estimate of drug-likeness (QED) is 0.866. The molecule has 3 nitrogen and oxygen atoms in total. The highest BCUT2D eigenvalue weighted by molar-refractivity contribution is 7.90. The van der Waals surface area contributed by atoms with Crippen LogP contribution in [0.15, 0.2) is 40.8 Å². The number of sulfone groups is 1. The van der Waals surface area contributed by atoms with Crippen molar-refractivity contribution in [1.82, 2.24) is 0 Å². The average Bonchev–Trinajstić information content (AvgIpc) is 2.66. The zero-order valence-corrected chi connectivity index (χ0v) is 12.0. The van der Waals surface area contributed by atoms with Crippen LogP contribution in [0.4, 0.5) is 0 Å². The summed E-state index contributed by atoms with van der Waals surface area (Å²) in [5.41, 5.74) is 1.68. The molecule has 1 atom stereocenters. The van der Waals surface area contributed by atoms with Gasteiger partial charge in [-0.05, 0) is 49.0 Å². The fourth-order valence-corrected chi connectivity index (χ4v) is 3.09. The van der Waals surface area contributed by atoms with Crippen molar-refractivity contribution in [3.05, 3.63) is 41.5 Å². The Bertz CT molecular complexity index is 573. The molecule has 1 aliphatic carbocycles. The molecule has 0 radical (unpaired) electrons. The van der Waals surface area contributed by atoms with Gasteiger partial charge in [0, 0.05) is 6.26 Å². The van der Waals surface area contributed by atoms with Crippen LogP contribution in [0.2, 0.25) is 0 Å². The molecule has 104 valence electrons.